The average Bonchev–Trinajstić information content (AvgIpc) is 2.90. The molecule has 1 N–H and O–H groups in total. The summed E-state index contributed by atoms with van der Waals surface area (Å²) in [6, 6.07) is 4.08. The summed E-state index contributed by atoms with van der Waals surface area (Å²) >= 11 is 3.12. The quantitative estimate of drug-likeness (QED) is 0.763. The van der Waals surface area contributed by atoms with Gasteiger partial charge in [0.15, 0.2) is 0 Å². The molecule has 1 amide bonds. The molecule has 1 aromatic carbocycles. The predicted octanol–water partition coefficient (Wildman–Crippen LogP) is 2.71. The predicted molar refractivity (Wildman–Crippen MR) is 96.7 cm³/mol. The number of amides is 1. The smallest absolute Gasteiger partial charge is 0.407 e. The largest absolute Gasteiger partial charge is 0.444 e. The van der Waals surface area contributed by atoms with Gasteiger partial charge in [0.2, 0.25) is 0 Å². The highest BCUT2D eigenvalue weighted by Gasteiger charge is 2.17. The van der Waals surface area contributed by atoms with Gasteiger partial charge in [0.05, 0.1) is 12.9 Å². The van der Waals surface area contributed by atoms with Crippen LogP contribution in [-0.2, 0) is 11.3 Å². The van der Waals surface area contributed by atoms with Gasteiger partial charge in [0.25, 0.3) is 0 Å². The second-order valence-electron chi connectivity index (χ2n) is 6.55. The Morgan fingerprint density at radius 2 is 2.07 bits per heavy atom. The van der Waals surface area contributed by atoms with Gasteiger partial charge < -0.3 is 10.1 Å². The van der Waals surface area contributed by atoms with Crippen LogP contribution in [0.4, 0.5) is 13.6 Å². The van der Waals surface area contributed by atoms with Crippen molar-refractivity contribution in [2.75, 3.05) is 6.54 Å². The Morgan fingerprint density at radius 3 is 2.67 bits per heavy atom. The SMILES string of the molecule is CC(C)(C)OC(=O)NCC(=CF)Cn1nnn(-c2ccc(Br)cc2F)c1=O. The van der Waals surface area contributed by atoms with Gasteiger partial charge in [0.1, 0.15) is 17.1 Å². The van der Waals surface area contributed by atoms with E-state index >= 15 is 0 Å². The molecule has 2 aromatic rings. The van der Waals surface area contributed by atoms with Gasteiger partial charge in [-0.1, -0.05) is 15.9 Å². The number of hydrogen-bond acceptors (Lipinski definition) is 5. The zero-order valence-electron chi connectivity index (χ0n) is 14.9. The lowest BCUT2D eigenvalue weighted by atomic mass is 10.2. The van der Waals surface area contributed by atoms with E-state index in [2.05, 4.69) is 31.7 Å². The summed E-state index contributed by atoms with van der Waals surface area (Å²) in [6.45, 7) is 4.60. The number of aromatic nitrogens is 4. The number of rotatable bonds is 5. The van der Waals surface area contributed by atoms with Crippen LogP contribution in [0.2, 0.25) is 0 Å². The zero-order chi connectivity index (χ0) is 20.2. The van der Waals surface area contributed by atoms with Crippen LogP contribution in [0.5, 0.6) is 0 Å². The number of nitrogens with one attached hydrogen (secondary N) is 1. The van der Waals surface area contributed by atoms with Gasteiger partial charge in [-0.2, -0.15) is 9.36 Å². The van der Waals surface area contributed by atoms with Crippen LogP contribution >= 0.6 is 15.9 Å². The molecule has 11 heteroatoms. The van der Waals surface area contributed by atoms with Crippen LogP contribution in [0.3, 0.4) is 0 Å². The van der Waals surface area contributed by atoms with Crippen molar-refractivity contribution in [3.05, 3.63) is 50.9 Å². The monoisotopic (exact) mass is 445 g/mol. The van der Waals surface area contributed by atoms with Crippen LogP contribution in [0.25, 0.3) is 5.69 Å². The first-order chi connectivity index (χ1) is 12.6. The second kappa shape index (κ2) is 8.42. The molecule has 0 aliphatic rings. The molecule has 0 aliphatic carbocycles. The van der Waals surface area contributed by atoms with E-state index in [1.807, 2.05) is 0 Å². The number of carbonyl (C=O) groups is 1. The molecule has 0 fully saturated rings. The Labute approximate surface area is 161 Å². The number of ether oxygens (including phenoxy) is 1. The van der Waals surface area contributed by atoms with Crippen molar-refractivity contribution in [1.29, 1.82) is 0 Å². The minimum atomic E-state index is -0.757. The van der Waals surface area contributed by atoms with Crippen molar-refractivity contribution in [3.8, 4) is 5.69 Å². The fourth-order valence-electron chi connectivity index (χ4n) is 2.00. The number of carbonyl (C=O) groups excluding carboxylic acids is 1. The Balaban J connectivity index is 2.10. The van der Waals surface area contributed by atoms with Crippen molar-refractivity contribution in [3.63, 3.8) is 0 Å². The highest BCUT2D eigenvalue weighted by molar-refractivity contribution is 9.10. The Hall–Kier alpha value is -2.56. The van der Waals surface area contributed by atoms with Gasteiger partial charge in [0, 0.05) is 11.0 Å². The molecule has 0 radical (unpaired) electrons. The minimum Gasteiger partial charge on any atom is -0.444 e. The number of alkyl carbamates (subject to hydrolysis) is 1. The van der Waals surface area contributed by atoms with E-state index in [1.165, 1.54) is 12.1 Å². The van der Waals surface area contributed by atoms with Crippen molar-refractivity contribution in [1.82, 2.24) is 25.1 Å². The molecule has 1 aromatic heterocycles. The molecule has 0 aliphatic heterocycles. The lowest BCUT2D eigenvalue weighted by Crippen LogP contribution is -2.34. The number of nitrogens with zero attached hydrogens (tertiary/aromatic N) is 4. The van der Waals surface area contributed by atoms with Crippen molar-refractivity contribution in [2.45, 2.75) is 32.9 Å². The van der Waals surface area contributed by atoms with Crippen LogP contribution in [0, 0.1) is 5.82 Å². The number of benzene rings is 1. The molecule has 0 saturated heterocycles. The Morgan fingerprint density at radius 1 is 1.37 bits per heavy atom. The van der Waals surface area contributed by atoms with Gasteiger partial charge in [-0.05, 0) is 55.0 Å². The highest BCUT2D eigenvalue weighted by atomic mass is 79.9. The molecule has 0 bridgehead atoms. The van der Waals surface area contributed by atoms with Gasteiger partial charge in [-0.3, -0.25) is 0 Å². The second-order valence-corrected chi connectivity index (χ2v) is 7.47. The van der Waals surface area contributed by atoms with Crippen LogP contribution < -0.4 is 11.0 Å². The summed E-state index contributed by atoms with van der Waals surface area (Å²) in [6.07, 6.45) is -0.474. The highest BCUT2D eigenvalue weighted by Crippen LogP contribution is 2.16. The minimum absolute atomic E-state index is 0.0475. The van der Waals surface area contributed by atoms with Gasteiger partial charge in [-0.25, -0.2) is 18.4 Å². The Kier molecular flexibility index (Phi) is 6.47. The lowest BCUT2D eigenvalue weighted by Gasteiger charge is -2.19. The van der Waals surface area contributed by atoms with E-state index < -0.39 is 23.2 Å². The molecule has 0 saturated carbocycles. The van der Waals surface area contributed by atoms with E-state index in [0.717, 1.165) is 9.36 Å². The van der Waals surface area contributed by atoms with E-state index in [4.69, 9.17) is 4.74 Å². The third-order valence-electron chi connectivity index (χ3n) is 3.14. The molecule has 1 heterocycles. The Bertz CT molecular complexity index is 918. The maximum Gasteiger partial charge on any atom is 0.407 e. The standard InChI is InChI=1S/C16H18BrF2N5O3/c1-16(2,3)27-14(25)20-8-10(7-18)9-23-15(26)24(22-21-23)13-5-4-11(17)6-12(13)19/h4-7H,8-9H2,1-3H3,(H,20,25). The molecule has 0 unspecified atom stereocenters. The van der Waals surface area contributed by atoms with Crippen molar-refractivity contribution in [2.24, 2.45) is 0 Å². The van der Waals surface area contributed by atoms with Crippen molar-refractivity contribution >= 4 is 22.0 Å². The first-order valence-electron chi connectivity index (χ1n) is 7.84. The summed E-state index contributed by atoms with van der Waals surface area (Å²) in [5.41, 5.74) is -1.50. The molecule has 2 rings (SSSR count). The molecular formula is C16H18BrF2N5O3. The third-order valence-corrected chi connectivity index (χ3v) is 3.64. The van der Waals surface area contributed by atoms with Crippen LogP contribution in [-0.4, -0.2) is 38.0 Å². The van der Waals surface area contributed by atoms with E-state index in [1.54, 1.807) is 26.8 Å². The molecular weight excluding hydrogens is 428 g/mol. The van der Waals surface area contributed by atoms with Crippen LogP contribution in [0.1, 0.15) is 20.8 Å². The summed E-state index contributed by atoms with van der Waals surface area (Å²) in [5, 5.41) is 9.60. The van der Waals surface area contributed by atoms with Crippen LogP contribution in [0.15, 0.2) is 39.4 Å². The fourth-order valence-corrected chi connectivity index (χ4v) is 2.33. The first-order valence-corrected chi connectivity index (χ1v) is 8.63. The summed E-state index contributed by atoms with van der Waals surface area (Å²) in [7, 11) is 0. The van der Waals surface area contributed by atoms with E-state index in [0.29, 0.717) is 4.47 Å². The van der Waals surface area contributed by atoms with Gasteiger partial charge in [-0.15, -0.1) is 0 Å². The normalized spacial score (nSPS) is 12.1. The topological polar surface area (TPSA) is 91.0 Å². The van der Waals surface area contributed by atoms with Crippen molar-refractivity contribution < 1.29 is 18.3 Å². The van der Waals surface area contributed by atoms with E-state index in [-0.39, 0.29) is 30.7 Å². The number of hydrogen-bond donors (Lipinski definition) is 1. The molecule has 0 atom stereocenters. The molecule has 146 valence electrons. The average molecular weight is 446 g/mol. The van der Waals surface area contributed by atoms with E-state index in [9.17, 15) is 18.4 Å². The molecule has 8 nitrogen and oxygen atoms in total. The fraction of sp³-hybridized carbons (Fsp3) is 0.375. The molecule has 27 heavy (non-hydrogen) atoms. The summed E-state index contributed by atoms with van der Waals surface area (Å²) in [4.78, 5) is 24.0. The lowest BCUT2D eigenvalue weighted by molar-refractivity contribution is 0.0532. The summed E-state index contributed by atoms with van der Waals surface area (Å²) < 4.78 is 34.3. The maximum atomic E-state index is 14.0. The zero-order valence-corrected chi connectivity index (χ0v) is 16.5. The first kappa shape index (κ1) is 20.7. The number of tetrazole rings is 1. The number of halogens is 3. The third kappa shape index (κ3) is 5.71. The summed E-state index contributed by atoms with van der Waals surface area (Å²) in [5.74, 6) is -0.675. The maximum absolute atomic E-state index is 14.0. The molecule has 0 spiro atoms. The van der Waals surface area contributed by atoms with Gasteiger partial charge >= 0.3 is 11.8 Å².